The summed E-state index contributed by atoms with van der Waals surface area (Å²) in [5.74, 6) is -1.37. The third-order valence-corrected chi connectivity index (χ3v) is 1.65. The third-order valence-electron chi connectivity index (χ3n) is 1.65. The van der Waals surface area contributed by atoms with E-state index in [9.17, 15) is 9.18 Å². The zero-order chi connectivity index (χ0) is 10.6. The fraction of sp³-hybridized carbons (Fsp3) is 0.100. The molecule has 0 aliphatic heterocycles. The van der Waals surface area contributed by atoms with E-state index in [1.807, 2.05) is 0 Å². The second-order valence-corrected chi connectivity index (χ2v) is 2.77. The van der Waals surface area contributed by atoms with E-state index in [0.717, 1.165) is 0 Å². The maximum absolute atomic E-state index is 12.5. The molecule has 0 amide bonds. The smallest absolute Gasteiger partial charge is 0.332 e. The Hall–Kier alpha value is -1.84. The van der Waals surface area contributed by atoms with E-state index in [2.05, 4.69) is 11.9 Å². The fourth-order valence-corrected chi connectivity index (χ4v) is 0.852. The van der Waals surface area contributed by atoms with E-state index < -0.39 is 5.97 Å². The lowest BCUT2D eigenvalue weighted by atomic mass is 10.2. The van der Waals surface area contributed by atoms with Gasteiger partial charge in [-0.05, 0) is 24.3 Å². The lowest BCUT2D eigenvalue weighted by Gasteiger charge is -2.05. The molecule has 0 saturated carbocycles. The number of hydrogen-bond acceptors (Lipinski definition) is 2. The van der Waals surface area contributed by atoms with Gasteiger partial charge in [-0.15, -0.1) is 0 Å². The van der Waals surface area contributed by atoms with Crippen molar-refractivity contribution in [1.82, 2.24) is 0 Å². The number of aliphatic carboxylic acids is 1. The molecular weight excluding hydrogens is 185 g/mol. The van der Waals surface area contributed by atoms with Crippen molar-refractivity contribution in [3.8, 4) is 0 Å². The topological polar surface area (TPSA) is 49.3 Å². The number of nitrogens with one attached hydrogen (secondary N) is 1. The van der Waals surface area contributed by atoms with Crippen LogP contribution in [-0.4, -0.2) is 17.6 Å². The molecule has 1 aromatic rings. The van der Waals surface area contributed by atoms with Gasteiger partial charge in [0.1, 0.15) is 5.82 Å². The van der Waals surface area contributed by atoms with Crippen molar-refractivity contribution in [1.29, 1.82) is 0 Å². The molecule has 2 N–H and O–H groups in total. The van der Waals surface area contributed by atoms with E-state index in [-0.39, 0.29) is 17.9 Å². The highest BCUT2D eigenvalue weighted by molar-refractivity contribution is 5.86. The minimum absolute atomic E-state index is 0.0642. The van der Waals surface area contributed by atoms with Crippen LogP contribution in [0, 0.1) is 5.82 Å². The fourth-order valence-electron chi connectivity index (χ4n) is 0.852. The minimum atomic E-state index is -1.04. The molecule has 0 bridgehead atoms. The molecule has 0 atom stereocenters. The van der Waals surface area contributed by atoms with Crippen LogP contribution in [0.3, 0.4) is 0 Å². The van der Waals surface area contributed by atoms with Gasteiger partial charge in [-0.1, -0.05) is 6.58 Å². The predicted octanol–water partition coefficient (Wildman–Crippen LogP) is 1.88. The van der Waals surface area contributed by atoms with Crippen LogP contribution in [0.4, 0.5) is 10.1 Å². The van der Waals surface area contributed by atoms with Gasteiger partial charge in [-0.2, -0.15) is 0 Å². The van der Waals surface area contributed by atoms with Crippen LogP contribution in [0.1, 0.15) is 0 Å². The van der Waals surface area contributed by atoms with E-state index in [4.69, 9.17) is 5.11 Å². The molecule has 1 rings (SSSR count). The van der Waals surface area contributed by atoms with Gasteiger partial charge in [0.05, 0.1) is 0 Å². The normalized spacial score (nSPS) is 9.50. The second kappa shape index (κ2) is 4.41. The highest BCUT2D eigenvalue weighted by Crippen LogP contribution is 2.08. The molecule has 0 saturated heterocycles. The van der Waals surface area contributed by atoms with Crippen molar-refractivity contribution >= 4 is 11.7 Å². The summed E-state index contributed by atoms with van der Waals surface area (Å²) < 4.78 is 12.5. The SMILES string of the molecule is C=C(CNc1ccc(F)cc1)C(=O)O. The maximum atomic E-state index is 12.5. The van der Waals surface area contributed by atoms with Gasteiger partial charge in [0.2, 0.25) is 0 Å². The number of carboxylic acids is 1. The Balaban J connectivity index is 2.50. The first-order valence-electron chi connectivity index (χ1n) is 4.00. The van der Waals surface area contributed by atoms with Crippen LogP contribution in [0.5, 0.6) is 0 Å². The summed E-state index contributed by atoms with van der Waals surface area (Å²) in [6.07, 6.45) is 0. The summed E-state index contributed by atoms with van der Waals surface area (Å²) in [4.78, 5) is 10.4. The van der Waals surface area contributed by atoms with Gasteiger partial charge in [-0.3, -0.25) is 0 Å². The van der Waals surface area contributed by atoms with Crippen molar-refractivity contribution in [3.05, 3.63) is 42.2 Å². The number of hydrogen-bond donors (Lipinski definition) is 2. The van der Waals surface area contributed by atoms with E-state index in [1.54, 1.807) is 0 Å². The summed E-state index contributed by atoms with van der Waals surface area (Å²) in [6, 6.07) is 5.66. The van der Waals surface area contributed by atoms with Crippen LogP contribution >= 0.6 is 0 Å². The number of carbonyl (C=O) groups is 1. The lowest BCUT2D eigenvalue weighted by molar-refractivity contribution is -0.132. The summed E-state index contributed by atoms with van der Waals surface area (Å²) in [6.45, 7) is 3.49. The molecule has 3 nitrogen and oxygen atoms in total. The van der Waals surface area contributed by atoms with E-state index in [0.29, 0.717) is 5.69 Å². The van der Waals surface area contributed by atoms with Gasteiger partial charge in [-0.25, -0.2) is 9.18 Å². The number of rotatable bonds is 4. The van der Waals surface area contributed by atoms with E-state index >= 15 is 0 Å². The zero-order valence-electron chi connectivity index (χ0n) is 7.46. The van der Waals surface area contributed by atoms with Crippen LogP contribution in [0.15, 0.2) is 36.4 Å². The van der Waals surface area contributed by atoms with Crippen LogP contribution in [-0.2, 0) is 4.79 Å². The molecule has 14 heavy (non-hydrogen) atoms. The van der Waals surface area contributed by atoms with E-state index in [1.165, 1.54) is 24.3 Å². The largest absolute Gasteiger partial charge is 0.478 e. The molecule has 74 valence electrons. The molecule has 0 fully saturated rings. The van der Waals surface area contributed by atoms with Gasteiger partial charge < -0.3 is 10.4 Å². The number of anilines is 1. The quantitative estimate of drug-likeness (QED) is 0.721. The van der Waals surface area contributed by atoms with Crippen molar-refractivity contribution in [2.75, 3.05) is 11.9 Å². The molecule has 0 aliphatic rings. The summed E-state index contributed by atoms with van der Waals surface area (Å²) >= 11 is 0. The first-order valence-corrected chi connectivity index (χ1v) is 4.00. The molecular formula is C10H10FNO2. The van der Waals surface area contributed by atoms with Crippen molar-refractivity contribution < 1.29 is 14.3 Å². The first-order chi connectivity index (χ1) is 6.59. The van der Waals surface area contributed by atoms with Gasteiger partial charge in [0.15, 0.2) is 0 Å². The standard InChI is InChI=1S/C10H10FNO2/c1-7(10(13)14)6-12-9-4-2-8(11)3-5-9/h2-5,12H,1,6H2,(H,13,14). The summed E-state index contributed by atoms with van der Waals surface area (Å²) in [7, 11) is 0. The first kappa shape index (κ1) is 10.2. The van der Waals surface area contributed by atoms with Gasteiger partial charge in [0.25, 0.3) is 0 Å². The van der Waals surface area contributed by atoms with Crippen molar-refractivity contribution in [3.63, 3.8) is 0 Å². The monoisotopic (exact) mass is 195 g/mol. The molecule has 0 aliphatic carbocycles. The summed E-state index contributed by atoms with van der Waals surface area (Å²) in [5.41, 5.74) is 0.725. The zero-order valence-corrected chi connectivity index (χ0v) is 7.46. The maximum Gasteiger partial charge on any atom is 0.332 e. The predicted molar refractivity (Wildman–Crippen MR) is 51.7 cm³/mol. The average Bonchev–Trinajstić information content (AvgIpc) is 2.16. The molecule has 0 aromatic heterocycles. The molecule has 0 spiro atoms. The molecule has 0 unspecified atom stereocenters. The highest BCUT2D eigenvalue weighted by atomic mass is 19.1. The second-order valence-electron chi connectivity index (χ2n) is 2.77. The van der Waals surface area contributed by atoms with Crippen LogP contribution < -0.4 is 5.32 Å². The Kier molecular flexibility index (Phi) is 3.23. The lowest BCUT2D eigenvalue weighted by Crippen LogP contribution is -2.10. The number of halogens is 1. The van der Waals surface area contributed by atoms with Crippen LogP contribution in [0.2, 0.25) is 0 Å². The van der Waals surface area contributed by atoms with Crippen molar-refractivity contribution in [2.45, 2.75) is 0 Å². The Morgan fingerprint density at radius 3 is 2.50 bits per heavy atom. The Labute approximate surface area is 80.9 Å². The Bertz CT molecular complexity index is 346. The highest BCUT2D eigenvalue weighted by Gasteiger charge is 2.02. The Morgan fingerprint density at radius 1 is 1.43 bits per heavy atom. The van der Waals surface area contributed by atoms with Gasteiger partial charge in [0, 0.05) is 17.8 Å². The minimum Gasteiger partial charge on any atom is -0.478 e. The van der Waals surface area contributed by atoms with Crippen molar-refractivity contribution in [2.24, 2.45) is 0 Å². The molecule has 0 radical (unpaired) electrons. The number of benzene rings is 1. The number of carboxylic acid groups (broad SMARTS) is 1. The summed E-state index contributed by atoms with van der Waals surface area (Å²) in [5, 5.41) is 11.3. The van der Waals surface area contributed by atoms with Gasteiger partial charge >= 0.3 is 5.97 Å². The molecule has 0 heterocycles. The average molecular weight is 195 g/mol. The Morgan fingerprint density at radius 2 is 2.00 bits per heavy atom. The third kappa shape index (κ3) is 2.90. The van der Waals surface area contributed by atoms with Crippen LogP contribution in [0.25, 0.3) is 0 Å². The molecule has 1 aromatic carbocycles. The molecule has 4 heteroatoms.